The number of fused-ring (bicyclic) bond motifs is 7. The molecule has 6 heteroatoms. The molecule has 5 nitrogen and oxygen atoms in total. The first-order valence-electron chi connectivity index (χ1n) is 19.7. The van der Waals surface area contributed by atoms with Crippen molar-refractivity contribution >= 4 is 42.6 Å². The lowest BCUT2D eigenvalue weighted by atomic mass is 9.67. The van der Waals surface area contributed by atoms with Crippen LogP contribution in [0.25, 0.3) is 88.0 Å². The Morgan fingerprint density at radius 2 is 1.03 bits per heavy atom. The quantitative estimate of drug-likeness (QED) is 0.168. The van der Waals surface area contributed by atoms with Gasteiger partial charge < -0.3 is 4.42 Å². The van der Waals surface area contributed by atoms with Gasteiger partial charge in [-0.2, -0.15) is 0 Å². The molecule has 0 aliphatic heterocycles. The highest BCUT2D eigenvalue weighted by molar-refractivity contribution is 7.26. The molecule has 0 spiro atoms. The van der Waals surface area contributed by atoms with Crippen molar-refractivity contribution in [2.45, 2.75) is 5.41 Å². The summed E-state index contributed by atoms with van der Waals surface area (Å²) in [6, 6.07) is 68.1. The van der Waals surface area contributed by atoms with Crippen LogP contribution >= 0.6 is 11.3 Å². The Labute approximate surface area is 344 Å². The smallest absolute Gasteiger partial charge is 0.227 e. The van der Waals surface area contributed by atoms with Gasteiger partial charge in [-0.1, -0.05) is 158 Å². The second-order valence-corrected chi connectivity index (χ2v) is 16.0. The van der Waals surface area contributed by atoms with E-state index in [4.69, 9.17) is 24.4 Å². The molecule has 0 saturated heterocycles. The molecule has 0 atom stereocenters. The predicted molar refractivity (Wildman–Crippen MR) is 239 cm³/mol. The zero-order chi connectivity index (χ0) is 38.9. The molecule has 0 fully saturated rings. The van der Waals surface area contributed by atoms with Gasteiger partial charge in [0.15, 0.2) is 23.1 Å². The molecular formula is C53H32N4OS. The fraction of sp³-hybridized carbons (Fsp3) is 0.0189. The molecule has 8 aromatic carbocycles. The van der Waals surface area contributed by atoms with Crippen molar-refractivity contribution in [2.24, 2.45) is 0 Å². The number of rotatable bonds is 6. The highest BCUT2D eigenvalue weighted by Gasteiger charge is 2.47. The lowest BCUT2D eigenvalue weighted by molar-refractivity contribution is 0.620. The van der Waals surface area contributed by atoms with Crippen molar-refractivity contribution in [3.05, 3.63) is 216 Å². The first kappa shape index (κ1) is 33.6. The first-order chi connectivity index (χ1) is 29.2. The zero-order valence-electron chi connectivity index (χ0n) is 31.6. The molecule has 0 radical (unpaired) electrons. The molecule has 0 unspecified atom stereocenters. The molecule has 59 heavy (non-hydrogen) atoms. The van der Waals surface area contributed by atoms with E-state index in [1.165, 1.54) is 32.5 Å². The van der Waals surface area contributed by atoms with Crippen molar-refractivity contribution in [3.8, 4) is 56.7 Å². The fourth-order valence-corrected chi connectivity index (χ4v) is 10.3. The molecule has 12 rings (SSSR count). The minimum Gasteiger partial charge on any atom is -0.436 e. The van der Waals surface area contributed by atoms with Crippen molar-refractivity contribution in [2.75, 3.05) is 0 Å². The number of nitrogens with zero attached hydrogens (tertiary/aromatic N) is 4. The highest BCUT2D eigenvalue weighted by Crippen LogP contribution is 2.58. The second kappa shape index (κ2) is 13.3. The Kier molecular flexibility index (Phi) is 7.55. The summed E-state index contributed by atoms with van der Waals surface area (Å²) in [7, 11) is 0. The minimum absolute atomic E-state index is 0.545. The van der Waals surface area contributed by atoms with Gasteiger partial charge in [0.05, 0.1) is 5.41 Å². The van der Waals surface area contributed by atoms with E-state index < -0.39 is 5.41 Å². The van der Waals surface area contributed by atoms with Crippen LogP contribution in [-0.4, -0.2) is 19.9 Å². The average molecular weight is 773 g/mol. The molecule has 0 amide bonds. The molecule has 0 N–H and O–H groups in total. The van der Waals surface area contributed by atoms with Crippen LogP contribution in [0.15, 0.2) is 199 Å². The van der Waals surface area contributed by atoms with E-state index in [1.54, 1.807) is 11.3 Å². The number of hydrogen-bond donors (Lipinski definition) is 0. The summed E-state index contributed by atoms with van der Waals surface area (Å²) in [6.45, 7) is 0. The molecule has 1 aliphatic rings. The Morgan fingerprint density at radius 3 is 1.81 bits per heavy atom. The number of oxazole rings is 1. The van der Waals surface area contributed by atoms with E-state index in [0.717, 1.165) is 54.4 Å². The van der Waals surface area contributed by atoms with Gasteiger partial charge in [-0.15, -0.1) is 11.3 Å². The number of benzene rings is 8. The van der Waals surface area contributed by atoms with Gasteiger partial charge in [-0.3, -0.25) is 0 Å². The Hall–Kier alpha value is -7.54. The lowest BCUT2D eigenvalue weighted by Crippen LogP contribution is -2.28. The number of para-hydroxylation sites is 2. The average Bonchev–Trinajstić information content (AvgIpc) is 4.00. The maximum Gasteiger partial charge on any atom is 0.227 e. The fourth-order valence-electron chi connectivity index (χ4n) is 9.15. The van der Waals surface area contributed by atoms with Gasteiger partial charge in [-0.25, -0.2) is 19.9 Å². The molecule has 3 aromatic heterocycles. The summed E-state index contributed by atoms with van der Waals surface area (Å²) < 4.78 is 8.55. The first-order valence-corrected chi connectivity index (χ1v) is 20.5. The standard InChI is InChI=1S/C53H32N4OS/c1-4-16-33(17-5-1)49-55-50(38-23-14-26-42-47(38)37-22-10-11-25-41(37)53(42,35-18-6-2-7-19-35)36-20-8-3-9-21-36)57-51(56-49)39-24-15-29-46-48(39)40-32-34(30-31-45(40)59-46)52-54-43-27-12-13-28-44(43)58-52/h1-32H. The second-order valence-electron chi connectivity index (χ2n) is 14.9. The van der Waals surface area contributed by atoms with Crippen LogP contribution in [0.4, 0.5) is 0 Å². The van der Waals surface area contributed by atoms with Crippen LogP contribution in [0.5, 0.6) is 0 Å². The topological polar surface area (TPSA) is 64.7 Å². The van der Waals surface area contributed by atoms with Gasteiger partial charge in [0.2, 0.25) is 5.89 Å². The SMILES string of the molecule is c1ccc(-c2nc(-c3cccc4c3-c3ccccc3C4(c3ccccc3)c3ccccc3)nc(-c3cccc4sc5ccc(-c6nc7ccccc7o6)cc5c34)n2)cc1. The van der Waals surface area contributed by atoms with E-state index in [-0.39, 0.29) is 0 Å². The highest BCUT2D eigenvalue weighted by atomic mass is 32.1. The Balaban J connectivity index is 1.11. The van der Waals surface area contributed by atoms with Crippen LogP contribution in [0.3, 0.4) is 0 Å². The lowest BCUT2D eigenvalue weighted by Gasteiger charge is -2.33. The minimum atomic E-state index is -0.545. The Bertz CT molecular complexity index is 3320. The molecule has 1 aliphatic carbocycles. The summed E-state index contributed by atoms with van der Waals surface area (Å²) in [6.07, 6.45) is 0. The third kappa shape index (κ3) is 5.17. The van der Waals surface area contributed by atoms with Crippen molar-refractivity contribution in [3.63, 3.8) is 0 Å². The number of thiophene rings is 1. The van der Waals surface area contributed by atoms with Crippen LogP contribution in [0.2, 0.25) is 0 Å². The summed E-state index contributed by atoms with van der Waals surface area (Å²) in [4.78, 5) is 20.8. The van der Waals surface area contributed by atoms with Crippen LogP contribution < -0.4 is 0 Å². The largest absolute Gasteiger partial charge is 0.436 e. The van der Waals surface area contributed by atoms with E-state index in [9.17, 15) is 0 Å². The monoisotopic (exact) mass is 772 g/mol. The van der Waals surface area contributed by atoms with Crippen molar-refractivity contribution in [1.29, 1.82) is 0 Å². The maximum absolute atomic E-state index is 6.23. The van der Waals surface area contributed by atoms with Crippen LogP contribution in [0.1, 0.15) is 22.3 Å². The normalized spacial score (nSPS) is 12.9. The van der Waals surface area contributed by atoms with Gasteiger partial charge in [0, 0.05) is 42.4 Å². The summed E-state index contributed by atoms with van der Waals surface area (Å²) in [5.74, 6) is 2.46. The van der Waals surface area contributed by atoms with Crippen molar-refractivity contribution in [1.82, 2.24) is 19.9 Å². The van der Waals surface area contributed by atoms with E-state index >= 15 is 0 Å². The molecule has 0 saturated carbocycles. The molecule has 0 bridgehead atoms. The Morgan fingerprint density at radius 1 is 0.424 bits per heavy atom. The van der Waals surface area contributed by atoms with Crippen LogP contribution in [-0.2, 0) is 5.41 Å². The zero-order valence-corrected chi connectivity index (χ0v) is 32.4. The van der Waals surface area contributed by atoms with Crippen molar-refractivity contribution < 1.29 is 4.42 Å². The molecule has 11 aromatic rings. The van der Waals surface area contributed by atoms with Crippen LogP contribution in [0, 0.1) is 0 Å². The van der Waals surface area contributed by atoms with Gasteiger partial charge >= 0.3 is 0 Å². The maximum atomic E-state index is 6.23. The van der Waals surface area contributed by atoms with Gasteiger partial charge in [0.25, 0.3) is 0 Å². The number of aromatic nitrogens is 4. The molecule has 276 valence electrons. The van der Waals surface area contributed by atoms with E-state index in [1.807, 2.05) is 42.5 Å². The third-order valence-electron chi connectivity index (χ3n) is 11.7. The summed E-state index contributed by atoms with van der Waals surface area (Å²) in [5.41, 5.74) is 12.0. The van der Waals surface area contributed by atoms with E-state index in [2.05, 4.69) is 152 Å². The van der Waals surface area contributed by atoms with E-state index in [0.29, 0.717) is 23.4 Å². The van der Waals surface area contributed by atoms with Gasteiger partial charge in [-0.05, 0) is 69.8 Å². The third-order valence-corrected chi connectivity index (χ3v) is 12.8. The number of hydrogen-bond acceptors (Lipinski definition) is 6. The summed E-state index contributed by atoms with van der Waals surface area (Å²) in [5, 5.41) is 2.20. The van der Waals surface area contributed by atoms with Gasteiger partial charge in [0.1, 0.15) is 5.52 Å². The molecular weight excluding hydrogens is 741 g/mol. The molecule has 3 heterocycles. The summed E-state index contributed by atoms with van der Waals surface area (Å²) >= 11 is 1.76. The predicted octanol–water partition coefficient (Wildman–Crippen LogP) is 13.4.